The molecule has 6 nitrogen and oxygen atoms in total. The number of aliphatic carboxylic acids is 1. The molecular formula is C16H14N4O2. The van der Waals surface area contributed by atoms with Crippen molar-refractivity contribution in [1.29, 1.82) is 0 Å². The molecule has 1 aromatic carbocycles. The first-order valence-electron chi connectivity index (χ1n) is 6.80. The number of hydrogen-bond donors (Lipinski definition) is 1. The summed E-state index contributed by atoms with van der Waals surface area (Å²) in [6.07, 6.45) is -0.190. The topological polar surface area (TPSA) is 79.3 Å². The van der Waals surface area contributed by atoms with E-state index in [9.17, 15) is 4.79 Å². The van der Waals surface area contributed by atoms with Crippen molar-refractivity contribution in [1.82, 2.24) is 9.38 Å². The van der Waals surface area contributed by atoms with Crippen molar-refractivity contribution in [2.75, 3.05) is 0 Å². The summed E-state index contributed by atoms with van der Waals surface area (Å²) in [7, 11) is 0. The lowest BCUT2D eigenvalue weighted by Crippen LogP contribution is -2.00. The maximum atomic E-state index is 11.0. The molecule has 3 aromatic rings. The molecule has 2 heterocycles. The molecule has 0 saturated heterocycles. The molecule has 3 rings (SSSR count). The third-order valence-corrected chi connectivity index (χ3v) is 3.22. The summed E-state index contributed by atoms with van der Waals surface area (Å²) in [6.45, 7) is 1.92. The largest absolute Gasteiger partial charge is 0.481 e. The number of rotatable bonds is 4. The van der Waals surface area contributed by atoms with E-state index in [1.165, 1.54) is 0 Å². The van der Waals surface area contributed by atoms with Crippen LogP contribution < -0.4 is 0 Å². The van der Waals surface area contributed by atoms with Gasteiger partial charge in [0.25, 0.3) is 0 Å². The van der Waals surface area contributed by atoms with Crippen LogP contribution in [-0.4, -0.2) is 20.5 Å². The zero-order valence-electron chi connectivity index (χ0n) is 12.0. The minimum Gasteiger partial charge on any atom is -0.481 e. The standard InChI is InChI=1S/C16H14N4O2/c1-11-6-5-9-14-17-13(10-15(21)22)16(20(11)14)19-18-12-7-3-2-4-8-12/h2-9H,10H2,1H3,(H,21,22). The third-order valence-electron chi connectivity index (χ3n) is 3.22. The Kier molecular flexibility index (Phi) is 3.65. The predicted molar refractivity (Wildman–Crippen MR) is 81.9 cm³/mol. The molecule has 0 aliphatic carbocycles. The minimum absolute atomic E-state index is 0.190. The molecule has 1 N–H and O–H groups in total. The molecule has 0 radical (unpaired) electrons. The summed E-state index contributed by atoms with van der Waals surface area (Å²) < 4.78 is 1.81. The molecule has 110 valence electrons. The maximum Gasteiger partial charge on any atom is 0.309 e. The third kappa shape index (κ3) is 2.71. The number of carboxylic acid groups (broad SMARTS) is 1. The SMILES string of the molecule is Cc1cccc2nc(CC(=O)O)c(N=Nc3ccccc3)n12. The Labute approximate surface area is 126 Å². The number of imidazole rings is 1. The van der Waals surface area contributed by atoms with E-state index in [4.69, 9.17) is 5.11 Å². The van der Waals surface area contributed by atoms with Crippen molar-refractivity contribution in [2.45, 2.75) is 13.3 Å². The smallest absolute Gasteiger partial charge is 0.309 e. The van der Waals surface area contributed by atoms with E-state index in [-0.39, 0.29) is 6.42 Å². The number of aromatic nitrogens is 2. The molecule has 0 saturated carbocycles. The van der Waals surface area contributed by atoms with Gasteiger partial charge in [0.2, 0.25) is 0 Å². The van der Waals surface area contributed by atoms with Crippen LogP contribution in [0.15, 0.2) is 58.8 Å². The Hall–Kier alpha value is -3.02. The van der Waals surface area contributed by atoms with Gasteiger partial charge in [-0.05, 0) is 31.2 Å². The Balaban J connectivity index is 2.13. The molecule has 0 spiro atoms. The molecule has 0 aliphatic heterocycles. The van der Waals surface area contributed by atoms with Crippen LogP contribution >= 0.6 is 0 Å². The number of carbonyl (C=O) groups is 1. The highest BCUT2D eigenvalue weighted by molar-refractivity contribution is 5.72. The normalized spacial score (nSPS) is 11.3. The van der Waals surface area contributed by atoms with Crippen LogP contribution in [-0.2, 0) is 11.2 Å². The molecule has 0 bridgehead atoms. The zero-order valence-corrected chi connectivity index (χ0v) is 12.0. The monoisotopic (exact) mass is 294 g/mol. The lowest BCUT2D eigenvalue weighted by Gasteiger charge is -2.01. The minimum atomic E-state index is -0.947. The predicted octanol–water partition coefficient (Wildman–Crippen LogP) is 3.69. The fraction of sp³-hybridized carbons (Fsp3) is 0.125. The van der Waals surface area contributed by atoms with Crippen molar-refractivity contribution >= 4 is 23.1 Å². The maximum absolute atomic E-state index is 11.0. The molecule has 0 amide bonds. The summed E-state index contributed by atoms with van der Waals surface area (Å²) in [5.41, 5.74) is 2.69. The second kappa shape index (κ2) is 5.77. The summed E-state index contributed by atoms with van der Waals surface area (Å²) in [5, 5.41) is 17.5. The van der Waals surface area contributed by atoms with Gasteiger partial charge < -0.3 is 5.11 Å². The molecule has 0 atom stereocenters. The quantitative estimate of drug-likeness (QED) is 0.745. The molecule has 22 heavy (non-hydrogen) atoms. The number of hydrogen-bond acceptors (Lipinski definition) is 4. The first kappa shape index (κ1) is 13.9. The van der Waals surface area contributed by atoms with Crippen molar-refractivity contribution in [2.24, 2.45) is 10.2 Å². The lowest BCUT2D eigenvalue weighted by atomic mass is 10.3. The first-order chi connectivity index (χ1) is 10.6. The number of benzene rings is 1. The molecule has 0 fully saturated rings. The van der Waals surface area contributed by atoms with Gasteiger partial charge >= 0.3 is 5.97 Å². The molecule has 2 aromatic heterocycles. The van der Waals surface area contributed by atoms with Crippen LogP contribution in [0.3, 0.4) is 0 Å². The van der Waals surface area contributed by atoms with Gasteiger partial charge in [-0.2, -0.15) is 0 Å². The summed E-state index contributed by atoms with van der Waals surface area (Å²) >= 11 is 0. The number of carboxylic acids is 1. The van der Waals surface area contributed by atoms with Crippen molar-refractivity contribution < 1.29 is 9.90 Å². The van der Waals surface area contributed by atoms with E-state index in [1.54, 1.807) is 0 Å². The van der Waals surface area contributed by atoms with Gasteiger partial charge in [0.05, 0.1) is 17.8 Å². The van der Waals surface area contributed by atoms with Crippen molar-refractivity contribution in [3.63, 3.8) is 0 Å². The van der Waals surface area contributed by atoms with Gasteiger partial charge in [-0.3, -0.25) is 9.20 Å². The van der Waals surface area contributed by atoms with E-state index in [0.717, 1.165) is 5.69 Å². The van der Waals surface area contributed by atoms with Gasteiger partial charge in [0.15, 0.2) is 5.82 Å². The molecule has 0 aliphatic rings. The van der Waals surface area contributed by atoms with Crippen LogP contribution in [0.1, 0.15) is 11.4 Å². The molecule has 0 unspecified atom stereocenters. The van der Waals surface area contributed by atoms with E-state index in [2.05, 4.69) is 15.2 Å². The summed E-state index contributed by atoms with van der Waals surface area (Å²) in [6, 6.07) is 14.9. The highest BCUT2D eigenvalue weighted by Gasteiger charge is 2.15. The van der Waals surface area contributed by atoms with E-state index < -0.39 is 5.97 Å². The number of azo groups is 1. The van der Waals surface area contributed by atoms with Crippen LogP contribution in [0.2, 0.25) is 0 Å². The number of aryl methyl sites for hydroxylation is 1. The van der Waals surface area contributed by atoms with E-state index >= 15 is 0 Å². The Morgan fingerprint density at radius 3 is 2.64 bits per heavy atom. The van der Waals surface area contributed by atoms with Crippen LogP contribution in [0.25, 0.3) is 5.65 Å². The first-order valence-corrected chi connectivity index (χ1v) is 6.80. The van der Waals surface area contributed by atoms with Gasteiger partial charge in [0.1, 0.15) is 5.65 Å². The number of fused-ring (bicyclic) bond motifs is 1. The van der Waals surface area contributed by atoms with Crippen LogP contribution in [0.5, 0.6) is 0 Å². The van der Waals surface area contributed by atoms with Gasteiger partial charge in [-0.15, -0.1) is 10.2 Å². The summed E-state index contributed by atoms with van der Waals surface area (Å²) in [5.74, 6) is -0.489. The fourth-order valence-corrected chi connectivity index (χ4v) is 2.25. The highest BCUT2D eigenvalue weighted by Crippen LogP contribution is 2.26. The average Bonchev–Trinajstić information content (AvgIpc) is 2.84. The van der Waals surface area contributed by atoms with Gasteiger partial charge in [0, 0.05) is 5.69 Å². The average molecular weight is 294 g/mol. The fourth-order valence-electron chi connectivity index (χ4n) is 2.25. The Bertz CT molecular complexity index is 853. The van der Waals surface area contributed by atoms with Crippen LogP contribution in [0.4, 0.5) is 11.5 Å². The Morgan fingerprint density at radius 1 is 1.14 bits per heavy atom. The van der Waals surface area contributed by atoms with Gasteiger partial charge in [-0.25, -0.2) is 4.98 Å². The van der Waals surface area contributed by atoms with Crippen molar-refractivity contribution in [3.8, 4) is 0 Å². The van der Waals surface area contributed by atoms with Crippen LogP contribution in [0, 0.1) is 6.92 Å². The van der Waals surface area contributed by atoms with Gasteiger partial charge in [-0.1, -0.05) is 24.3 Å². The molecule has 6 heteroatoms. The second-order valence-corrected chi connectivity index (χ2v) is 4.85. The molecular weight excluding hydrogens is 280 g/mol. The summed E-state index contributed by atoms with van der Waals surface area (Å²) in [4.78, 5) is 15.4. The Morgan fingerprint density at radius 2 is 1.91 bits per heavy atom. The lowest BCUT2D eigenvalue weighted by molar-refractivity contribution is -0.136. The van der Waals surface area contributed by atoms with E-state index in [0.29, 0.717) is 22.8 Å². The zero-order chi connectivity index (χ0) is 15.5. The number of nitrogens with zero attached hydrogens (tertiary/aromatic N) is 4. The van der Waals surface area contributed by atoms with Crippen molar-refractivity contribution in [3.05, 3.63) is 59.9 Å². The number of pyridine rings is 1. The van der Waals surface area contributed by atoms with E-state index in [1.807, 2.05) is 59.9 Å². The second-order valence-electron chi connectivity index (χ2n) is 4.85. The highest BCUT2D eigenvalue weighted by atomic mass is 16.4.